The van der Waals surface area contributed by atoms with Crippen molar-refractivity contribution < 1.29 is 5.11 Å². The van der Waals surface area contributed by atoms with E-state index in [1.54, 1.807) is 6.92 Å². The molecule has 1 unspecified atom stereocenters. The normalized spacial score (nSPS) is 26.2. The first kappa shape index (κ1) is 6.05. The topological polar surface area (TPSA) is 23.1 Å². The summed E-state index contributed by atoms with van der Waals surface area (Å²) in [4.78, 5) is 1.97. The lowest BCUT2D eigenvalue weighted by atomic mass is 10.4. The van der Waals surface area contributed by atoms with Crippen LogP contribution in [0.25, 0.3) is 0 Å². The smallest absolute Gasteiger partial charge is 0.143 e. The maximum atomic E-state index is 10.7. The summed E-state index contributed by atoms with van der Waals surface area (Å²) in [5, 5.41) is 10.7. The molecular formula is C6H12NO. The van der Waals surface area contributed by atoms with E-state index in [-0.39, 0.29) is 0 Å². The first-order chi connectivity index (χ1) is 3.80. The fourth-order valence-corrected chi connectivity index (χ4v) is 1.11. The van der Waals surface area contributed by atoms with Crippen LogP contribution in [0.2, 0.25) is 0 Å². The van der Waals surface area contributed by atoms with Crippen molar-refractivity contribution in [2.24, 2.45) is 0 Å². The summed E-state index contributed by atoms with van der Waals surface area (Å²) >= 11 is 0. The molecule has 0 bridgehead atoms. The van der Waals surface area contributed by atoms with Crippen molar-refractivity contribution in [1.82, 2.24) is 4.90 Å². The van der Waals surface area contributed by atoms with Gasteiger partial charge in [0.1, 0.15) is 6.23 Å². The summed E-state index contributed by atoms with van der Waals surface area (Å²) in [5.41, 5.74) is 0. The van der Waals surface area contributed by atoms with Gasteiger partial charge in [0.25, 0.3) is 0 Å². The Kier molecular flexibility index (Phi) is 1.86. The summed E-state index contributed by atoms with van der Waals surface area (Å²) in [6, 6.07) is 0. The van der Waals surface area contributed by atoms with E-state index in [4.69, 9.17) is 0 Å². The average Bonchev–Trinajstić information content (AvgIpc) is 2.12. The van der Waals surface area contributed by atoms with Gasteiger partial charge in [-0.25, -0.2) is 5.11 Å². The van der Waals surface area contributed by atoms with Crippen molar-refractivity contribution in [3.8, 4) is 0 Å². The number of hydrogen-bond donors (Lipinski definition) is 0. The maximum absolute atomic E-state index is 10.7. The van der Waals surface area contributed by atoms with Gasteiger partial charge in [0, 0.05) is 13.1 Å². The first-order valence-electron chi connectivity index (χ1n) is 3.20. The van der Waals surface area contributed by atoms with Crippen LogP contribution < -0.4 is 0 Å². The largest absolute Gasteiger partial charge is 0.276 e. The van der Waals surface area contributed by atoms with Crippen LogP contribution in [-0.4, -0.2) is 24.2 Å². The minimum absolute atomic E-state index is 0.475. The zero-order chi connectivity index (χ0) is 5.98. The minimum Gasteiger partial charge on any atom is -0.276 e. The second kappa shape index (κ2) is 2.46. The molecule has 1 radical (unpaired) electrons. The molecule has 2 heteroatoms. The highest BCUT2D eigenvalue weighted by atomic mass is 16.3. The third-order valence-corrected chi connectivity index (χ3v) is 1.65. The van der Waals surface area contributed by atoms with Crippen molar-refractivity contribution >= 4 is 0 Å². The molecular weight excluding hydrogens is 102 g/mol. The van der Waals surface area contributed by atoms with Crippen LogP contribution in [0.5, 0.6) is 0 Å². The second-order valence-electron chi connectivity index (χ2n) is 2.34. The number of hydrogen-bond acceptors (Lipinski definition) is 1. The van der Waals surface area contributed by atoms with Crippen molar-refractivity contribution in [1.29, 1.82) is 0 Å². The number of rotatable bonds is 1. The van der Waals surface area contributed by atoms with Crippen LogP contribution >= 0.6 is 0 Å². The molecule has 1 atom stereocenters. The molecule has 0 spiro atoms. The van der Waals surface area contributed by atoms with Gasteiger partial charge in [0.05, 0.1) is 0 Å². The zero-order valence-corrected chi connectivity index (χ0v) is 5.26. The molecule has 1 rings (SSSR count). The molecule has 2 nitrogen and oxygen atoms in total. The number of likely N-dealkylation sites (tertiary alicyclic amines) is 1. The van der Waals surface area contributed by atoms with Gasteiger partial charge in [-0.3, -0.25) is 4.90 Å². The van der Waals surface area contributed by atoms with E-state index in [1.165, 1.54) is 12.8 Å². The van der Waals surface area contributed by atoms with Gasteiger partial charge in [-0.2, -0.15) is 0 Å². The molecule has 1 saturated heterocycles. The molecule has 1 fully saturated rings. The van der Waals surface area contributed by atoms with E-state index in [1.807, 2.05) is 4.90 Å². The van der Waals surface area contributed by atoms with Crippen LogP contribution in [0, 0.1) is 0 Å². The summed E-state index contributed by atoms with van der Waals surface area (Å²) < 4.78 is 0. The van der Waals surface area contributed by atoms with Crippen LogP contribution in [0.4, 0.5) is 0 Å². The first-order valence-corrected chi connectivity index (χ1v) is 3.20. The second-order valence-corrected chi connectivity index (χ2v) is 2.34. The lowest BCUT2D eigenvalue weighted by Gasteiger charge is -2.14. The molecule has 0 amide bonds. The molecule has 0 N–H and O–H groups in total. The van der Waals surface area contributed by atoms with Gasteiger partial charge < -0.3 is 0 Å². The van der Waals surface area contributed by atoms with Crippen molar-refractivity contribution in [2.45, 2.75) is 26.0 Å². The Morgan fingerprint density at radius 2 is 1.88 bits per heavy atom. The van der Waals surface area contributed by atoms with Gasteiger partial charge in [-0.15, -0.1) is 0 Å². The van der Waals surface area contributed by atoms with E-state index in [0.29, 0.717) is 0 Å². The molecule has 8 heavy (non-hydrogen) atoms. The average molecular weight is 114 g/mol. The highest BCUT2D eigenvalue weighted by Crippen LogP contribution is 2.09. The Morgan fingerprint density at radius 1 is 1.38 bits per heavy atom. The molecule has 47 valence electrons. The van der Waals surface area contributed by atoms with Crippen LogP contribution in [0.3, 0.4) is 0 Å². The fraction of sp³-hybridized carbons (Fsp3) is 1.00. The molecule has 1 aliphatic heterocycles. The standard InChI is InChI=1S/C6H12NO/c1-6(8)7-4-2-3-5-7/h6H,2-5H2,1H3. The summed E-state index contributed by atoms with van der Waals surface area (Å²) in [6.07, 6.45) is 1.96. The molecule has 0 aliphatic carbocycles. The predicted molar refractivity (Wildman–Crippen MR) is 31.0 cm³/mol. The zero-order valence-electron chi connectivity index (χ0n) is 5.26. The maximum Gasteiger partial charge on any atom is 0.143 e. The highest BCUT2D eigenvalue weighted by Gasteiger charge is 2.15. The SMILES string of the molecule is CC([O])N1CCCC1. The van der Waals surface area contributed by atoms with Gasteiger partial charge in [0.2, 0.25) is 0 Å². The minimum atomic E-state index is -0.475. The Labute approximate surface area is 50.1 Å². The monoisotopic (exact) mass is 114 g/mol. The van der Waals surface area contributed by atoms with E-state index in [0.717, 1.165) is 13.1 Å². The lowest BCUT2D eigenvalue weighted by molar-refractivity contribution is -0.0209. The Morgan fingerprint density at radius 3 is 2.12 bits per heavy atom. The van der Waals surface area contributed by atoms with E-state index in [2.05, 4.69) is 0 Å². The molecule has 0 aromatic heterocycles. The van der Waals surface area contributed by atoms with Crippen LogP contribution in [0.1, 0.15) is 19.8 Å². The van der Waals surface area contributed by atoms with Gasteiger partial charge in [-0.05, 0) is 19.8 Å². The highest BCUT2D eigenvalue weighted by molar-refractivity contribution is 4.65. The summed E-state index contributed by atoms with van der Waals surface area (Å²) in [6.45, 7) is 3.75. The summed E-state index contributed by atoms with van der Waals surface area (Å²) in [5.74, 6) is 0. The van der Waals surface area contributed by atoms with Crippen LogP contribution in [-0.2, 0) is 5.11 Å². The van der Waals surface area contributed by atoms with Crippen molar-refractivity contribution in [3.63, 3.8) is 0 Å². The number of nitrogens with zero attached hydrogens (tertiary/aromatic N) is 1. The van der Waals surface area contributed by atoms with E-state index in [9.17, 15) is 5.11 Å². The Balaban J connectivity index is 2.24. The molecule has 0 aromatic carbocycles. The Bertz CT molecular complexity index is 66.9. The van der Waals surface area contributed by atoms with Gasteiger partial charge in [0.15, 0.2) is 0 Å². The molecule has 0 aromatic rings. The molecule has 1 heterocycles. The third kappa shape index (κ3) is 1.20. The van der Waals surface area contributed by atoms with Crippen LogP contribution in [0.15, 0.2) is 0 Å². The lowest BCUT2D eigenvalue weighted by Crippen LogP contribution is -2.28. The Hall–Kier alpha value is -0.0800. The molecule has 0 saturated carbocycles. The predicted octanol–water partition coefficient (Wildman–Crippen LogP) is 0.859. The van der Waals surface area contributed by atoms with E-state index < -0.39 is 6.23 Å². The van der Waals surface area contributed by atoms with Crippen molar-refractivity contribution in [3.05, 3.63) is 0 Å². The summed E-state index contributed by atoms with van der Waals surface area (Å²) in [7, 11) is 0. The molecule has 1 aliphatic rings. The third-order valence-electron chi connectivity index (χ3n) is 1.65. The van der Waals surface area contributed by atoms with Gasteiger partial charge >= 0.3 is 0 Å². The van der Waals surface area contributed by atoms with E-state index >= 15 is 0 Å². The van der Waals surface area contributed by atoms with Crippen molar-refractivity contribution in [2.75, 3.05) is 13.1 Å². The van der Waals surface area contributed by atoms with Gasteiger partial charge in [-0.1, -0.05) is 0 Å². The fourth-order valence-electron chi connectivity index (χ4n) is 1.11. The quantitative estimate of drug-likeness (QED) is 0.496.